The van der Waals surface area contributed by atoms with Crippen LogP contribution >= 0.6 is 0 Å². The third-order valence-electron chi connectivity index (χ3n) is 3.65. The van der Waals surface area contributed by atoms with Gasteiger partial charge in [-0.3, -0.25) is 4.90 Å². The van der Waals surface area contributed by atoms with E-state index in [4.69, 9.17) is 9.47 Å². The third-order valence-corrected chi connectivity index (χ3v) is 3.65. The molecule has 0 spiro atoms. The van der Waals surface area contributed by atoms with Gasteiger partial charge in [0.1, 0.15) is 5.60 Å². The lowest BCUT2D eigenvalue weighted by Crippen LogP contribution is -2.33. The molecule has 6 nitrogen and oxygen atoms in total. The smallest absolute Gasteiger partial charge is 0.410 e. The van der Waals surface area contributed by atoms with Crippen LogP contribution in [0.15, 0.2) is 0 Å². The summed E-state index contributed by atoms with van der Waals surface area (Å²) in [5, 5.41) is 0. The lowest BCUT2D eigenvalue weighted by molar-refractivity contribution is 0.0240. The summed E-state index contributed by atoms with van der Waals surface area (Å²) < 4.78 is 10.2. The maximum atomic E-state index is 12.2. The van der Waals surface area contributed by atoms with E-state index < -0.39 is 17.7 Å². The van der Waals surface area contributed by atoms with Crippen LogP contribution in [-0.2, 0) is 22.6 Å². The van der Waals surface area contributed by atoms with Crippen LogP contribution in [0.1, 0.15) is 53.6 Å². The first kappa shape index (κ1) is 16.3. The topological polar surface area (TPSA) is 68.7 Å². The van der Waals surface area contributed by atoms with Crippen LogP contribution in [0.3, 0.4) is 0 Å². The Morgan fingerprint density at radius 3 is 2.27 bits per heavy atom. The van der Waals surface area contributed by atoms with Crippen molar-refractivity contribution in [2.75, 3.05) is 7.11 Å². The summed E-state index contributed by atoms with van der Waals surface area (Å²) in [5.74, 6) is -0.481. The molecule has 22 heavy (non-hydrogen) atoms. The SMILES string of the molecule is COC(=O)c1nc(C)c(C)c2c1CN(C(=O)OC(C)(C)C)C2. The second-order valence-electron chi connectivity index (χ2n) is 6.46. The maximum Gasteiger partial charge on any atom is 0.410 e. The molecule has 1 aliphatic heterocycles. The van der Waals surface area contributed by atoms with E-state index >= 15 is 0 Å². The molecule has 1 aromatic heterocycles. The van der Waals surface area contributed by atoms with Crippen molar-refractivity contribution in [2.45, 2.75) is 53.3 Å². The molecule has 0 saturated carbocycles. The summed E-state index contributed by atoms with van der Waals surface area (Å²) in [6, 6.07) is 0. The monoisotopic (exact) mass is 306 g/mol. The normalized spacial score (nSPS) is 13.8. The Morgan fingerprint density at radius 1 is 1.14 bits per heavy atom. The number of rotatable bonds is 1. The highest BCUT2D eigenvalue weighted by molar-refractivity contribution is 5.90. The summed E-state index contributed by atoms with van der Waals surface area (Å²) in [7, 11) is 1.33. The highest BCUT2D eigenvalue weighted by Crippen LogP contribution is 2.30. The Bertz CT molecular complexity index is 632. The van der Waals surface area contributed by atoms with Crippen molar-refractivity contribution in [1.29, 1.82) is 0 Å². The number of amides is 1. The van der Waals surface area contributed by atoms with Gasteiger partial charge in [-0.2, -0.15) is 0 Å². The lowest BCUT2D eigenvalue weighted by atomic mass is 10.0. The van der Waals surface area contributed by atoms with Gasteiger partial charge in [0.25, 0.3) is 0 Å². The van der Waals surface area contributed by atoms with Crippen molar-refractivity contribution < 1.29 is 19.1 Å². The fraction of sp³-hybridized carbons (Fsp3) is 0.562. The molecular weight excluding hydrogens is 284 g/mol. The summed E-state index contributed by atoms with van der Waals surface area (Å²) >= 11 is 0. The number of esters is 1. The fourth-order valence-electron chi connectivity index (χ4n) is 2.45. The predicted molar refractivity (Wildman–Crippen MR) is 80.5 cm³/mol. The Hall–Kier alpha value is -2.11. The van der Waals surface area contributed by atoms with Gasteiger partial charge < -0.3 is 9.47 Å². The molecule has 1 aromatic rings. The molecule has 0 N–H and O–H groups in total. The quantitative estimate of drug-likeness (QED) is 0.746. The first-order valence-electron chi connectivity index (χ1n) is 7.19. The standard InChI is InChI=1S/C16H22N2O4/c1-9-10(2)17-13(14(19)21-6)12-8-18(7-11(9)12)15(20)22-16(3,4)5/h7-8H2,1-6H3. The molecule has 0 unspecified atom stereocenters. The van der Waals surface area contributed by atoms with E-state index in [0.717, 1.165) is 22.4 Å². The Morgan fingerprint density at radius 2 is 1.73 bits per heavy atom. The molecule has 0 atom stereocenters. The Kier molecular flexibility index (Phi) is 4.13. The molecule has 0 aromatic carbocycles. The molecule has 0 radical (unpaired) electrons. The molecule has 0 bridgehead atoms. The van der Waals surface area contributed by atoms with Crippen LogP contribution in [0, 0.1) is 13.8 Å². The summed E-state index contributed by atoms with van der Waals surface area (Å²) in [5.41, 5.74) is 3.20. The fourth-order valence-corrected chi connectivity index (χ4v) is 2.45. The van der Waals surface area contributed by atoms with Crippen molar-refractivity contribution in [3.8, 4) is 0 Å². The van der Waals surface area contributed by atoms with E-state index in [2.05, 4.69) is 4.98 Å². The van der Waals surface area contributed by atoms with Gasteiger partial charge in [0.2, 0.25) is 0 Å². The van der Waals surface area contributed by atoms with Crippen LogP contribution in [0.2, 0.25) is 0 Å². The van der Waals surface area contributed by atoms with Gasteiger partial charge in [0.15, 0.2) is 5.69 Å². The van der Waals surface area contributed by atoms with Crippen LogP contribution < -0.4 is 0 Å². The molecule has 1 amide bonds. The lowest BCUT2D eigenvalue weighted by Gasteiger charge is -2.24. The molecule has 0 fully saturated rings. The molecule has 0 aliphatic carbocycles. The number of ether oxygens (including phenoxy) is 2. The molecule has 120 valence electrons. The van der Waals surface area contributed by atoms with Gasteiger partial charge in [-0.25, -0.2) is 14.6 Å². The van der Waals surface area contributed by atoms with Gasteiger partial charge in [-0.15, -0.1) is 0 Å². The highest BCUT2D eigenvalue weighted by atomic mass is 16.6. The highest BCUT2D eigenvalue weighted by Gasteiger charge is 2.33. The predicted octanol–water partition coefficient (Wildman–Crippen LogP) is 2.74. The number of carbonyl (C=O) groups excluding carboxylic acids is 2. The minimum atomic E-state index is -0.555. The van der Waals surface area contributed by atoms with Crippen molar-refractivity contribution in [2.24, 2.45) is 0 Å². The van der Waals surface area contributed by atoms with Crippen LogP contribution in [0.5, 0.6) is 0 Å². The Balaban J connectivity index is 2.35. The Labute approximate surface area is 130 Å². The summed E-state index contributed by atoms with van der Waals surface area (Å²) in [6.07, 6.45) is -0.392. The number of methoxy groups -OCH3 is 1. The number of pyridine rings is 1. The van der Waals surface area contributed by atoms with Crippen molar-refractivity contribution in [3.63, 3.8) is 0 Å². The van der Waals surface area contributed by atoms with E-state index in [0.29, 0.717) is 13.1 Å². The molecule has 0 saturated heterocycles. The number of fused-ring (bicyclic) bond motifs is 1. The number of aryl methyl sites for hydroxylation is 1. The number of hydrogen-bond acceptors (Lipinski definition) is 5. The second kappa shape index (κ2) is 5.59. The van der Waals surface area contributed by atoms with Gasteiger partial charge in [0.05, 0.1) is 20.2 Å². The van der Waals surface area contributed by atoms with E-state index in [9.17, 15) is 9.59 Å². The van der Waals surface area contributed by atoms with Crippen LogP contribution in [0.25, 0.3) is 0 Å². The van der Waals surface area contributed by atoms with E-state index in [1.54, 1.807) is 4.90 Å². The molecular formula is C16H22N2O4. The molecule has 1 aliphatic rings. The van der Waals surface area contributed by atoms with Gasteiger partial charge in [0, 0.05) is 11.3 Å². The van der Waals surface area contributed by atoms with Crippen LogP contribution in [-0.4, -0.2) is 34.7 Å². The minimum absolute atomic E-state index is 0.284. The van der Waals surface area contributed by atoms with Crippen molar-refractivity contribution in [1.82, 2.24) is 9.88 Å². The maximum absolute atomic E-state index is 12.2. The van der Waals surface area contributed by atoms with Crippen molar-refractivity contribution >= 4 is 12.1 Å². The molecule has 2 heterocycles. The number of carbonyl (C=O) groups is 2. The number of hydrogen-bond donors (Lipinski definition) is 0. The third kappa shape index (κ3) is 3.05. The minimum Gasteiger partial charge on any atom is -0.464 e. The van der Waals surface area contributed by atoms with Gasteiger partial charge in [-0.1, -0.05) is 0 Å². The average molecular weight is 306 g/mol. The molecule has 6 heteroatoms. The van der Waals surface area contributed by atoms with Crippen molar-refractivity contribution in [3.05, 3.63) is 28.1 Å². The first-order valence-corrected chi connectivity index (χ1v) is 7.19. The zero-order valence-electron chi connectivity index (χ0n) is 13.9. The van der Waals surface area contributed by atoms with Gasteiger partial charge >= 0.3 is 12.1 Å². The van der Waals surface area contributed by atoms with E-state index in [-0.39, 0.29) is 5.69 Å². The van der Waals surface area contributed by atoms with Gasteiger partial charge in [-0.05, 0) is 45.7 Å². The molecule has 2 rings (SSSR count). The van der Waals surface area contributed by atoms with E-state index in [1.165, 1.54) is 7.11 Å². The largest absolute Gasteiger partial charge is 0.464 e. The first-order chi connectivity index (χ1) is 10.1. The summed E-state index contributed by atoms with van der Waals surface area (Å²) in [4.78, 5) is 30.1. The number of aromatic nitrogens is 1. The van der Waals surface area contributed by atoms with Crippen LogP contribution in [0.4, 0.5) is 4.79 Å². The van der Waals surface area contributed by atoms with E-state index in [1.807, 2.05) is 34.6 Å². The zero-order chi connectivity index (χ0) is 16.7. The number of nitrogens with zero attached hydrogens (tertiary/aromatic N) is 2. The average Bonchev–Trinajstić information content (AvgIpc) is 2.85. The zero-order valence-corrected chi connectivity index (χ0v) is 13.9. The summed E-state index contributed by atoms with van der Waals surface area (Å²) in [6.45, 7) is 9.99. The second-order valence-corrected chi connectivity index (χ2v) is 6.46.